The number of alkyl halides is 3. The van der Waals surface area contributed by atoms with Crippen LogP contribution < -0.4 is 4.74 Å². The minimum absolute atomic E-state index is 0.0312. The molecule has 1 aromatic carbocycles. The van der Waals surface area contributed by atoms with Crippen LogP contribution in [0.2, 0.25) is 15.1 Å². The molecule has 1 fully saturated rings. The lowest BCUT2D eigenvalue weighted by Gasteiger charge is -2.33. The van der Waals surface area contributed by atoms with Crippen molar-refractivity contribution >= 4 is 40.4 Å². The largest absolute Gasteiger partial charge is 0.487 e. The van der Waals surface area contributed by atoms with E-state index in [-0.39, 0.29) is 39.2 Å². The molecule has 7 nitrogen and oxygen atoms in total. The van der Waals surface area contributed by atoms with Crippen molar-refractivity contribution in [2.45, 2.75) is 25.1 Å². The van der Waals surface area contributed by atoms with E-state index < -0.39 is 11.7 Å². The van der Waals surface area contributed by atoms with Crippen LogP contribution in [0.5, 0.6) is 5.75 Å². The minimum Gasteiger partial charge on any atom is -0.487 e. The van der Waals surface area contributed by atoms with Crippen LogP contribution >= 0.6 is 34.8 Å². The maximum Gasteiger partial charge on any atom is 0.417 e. The number of fused-ring (bicyclic) bond motifs is 1. The number of pyridine rings is 1. The highest BCUT2D eigenvalue weighted by molar-refractivity contribution is 6.36. The number of hydrogen-bond acceptors (Lipinski definition) is 6. The van der Waals surface area contributed by atoms with Crippen LogP contribution in [-0.2, 0) is 6.18 Å². The second kappa shape index (κ2) is 9.17. The lowest BCUT2D eigenvalue weighted by Crippen LogP contribution is -2.37. The molecule has 5 rings (SSSR count). The number of benzene rings is 1. The Bertz CT molecular complexity index is 1480. The Hall–Kier alpha value is -2.95. The Balaban J connectivity index is 1.41. The van der Waals surface area contributed by atoms with Crippen molar-refractivity contribution < 1.29 is 22.4 Å². The molecular weight excluding hydrogens is 542 g/mol. The summed E-state index contributed by atoms with van der Waals surface area (Å²) < 4.78 is 51.8. The number of nitrogens with zero attached hydrogens (tertiary/aromatic N) is 5. The summed E-state index contributed by atoms with van der Waals surface area (Å²) in [6.45, 7) is 4.69. The third-order valence-electron chi connectivity index (χ3n) is 5.81. The quantitative estimate of drug-likeness (QED) is 0.268. The van der Waals surface area contributed by atoms with Crippen molar-refractivity contribution in [1.82, 2.24) is 24.4 Å². The lowest BCUT2D eigenvalue weighted by molar-refractivity contribution is -0.137. The third-order valence-corrected chi connectivity index (χ3v) is 6.69. The zero-order valence-electron chi connectivity index (χ0n) is 18.6. The van der Waals surface area contributed by atoms with E-state index in [2.05, 4.69) is 21.7 Å². The zero-order valence-corrected chi connectivity index (χ0v) is 20.9. The normalized spacial score (nSPS) is 16.7. The second-order valence-electron chi connectivity index (χ2n) is 8.34. The number of imidazole rings is 1. The van der Waals surface area contributed by atoms with Crippen molar-refractivity contribution in [1.29, 1.82) is 0 Å². The molecule has 188 valence electrons. The van der Waals surface area contributed by atoms with Gasteiger partial charge < -0.3 is 18.6 Å². The number of hydrogen-bond donors (Lipinski definition) is 0. The summed E-state index contributed by atoms with van der Waals surface area (Å²) in [5, 5.41) is 4.35. The van der Waals surface area contributed by atoms with Crippen molar-refractivity contribution in [3.05, 3.63) is 63.5 Å². The van der Waals surface area contributed by atoms with Gasteiger partial charge in [-0.1, -0.05) is 46.5 Å². The monoisotopic (exact) mass is 557 g/mol. The molecule has 1 saturated heterocycles. The van der Waals surface area contributed by atoms with E-state index in [4.69, 9.17) is 44.1 Å². The van der Waals surface area contributed by atoms with E-state index in [0.717, 1.165) is 35.2 Å². The van der Waals surface area contributed by atoms with Crippen LogP contribution in [0.3, 0.4) is 0 Å². The fourth-order valence-electron chi connectivity index (χ4n) is 3.86. The van der Waals surface area contributed by atoms with Gasteiger partial charge in [0.25, 0.3) is 5.89 Å². The highest BCUT2D eigenvalue weighted by Gasteiger charge is 2.32. The standard InChI is InChI=1S/C23H17Cl3F3N5O2/c1-11-3-4-13(9-33(11)2)35-19-7-15(24)14(6-16(19)25)20-31-22(36-32-20)18-10-34-8-12(23(27,28)29)5-17(26)21(34)30-18/h5-8,10,13H,1,3-4,9H2,2H3/t13-/m1/s1. The van der Waals surface area contributed by atoms with Gasteiger partial charge in [-0.3, -0.25) is 0 Å². The van der Waals surface area contributed by atoms with Gasteiger partial charge >= 0.3 is 6.18 Å². The average Bonchev–Trinajstić information content (AvgIpc) is 3.45. The van der Waals surface area contributed by atoms with Crippen LogP contribution in [-0.4, -0.2) is 44.1 Å². The first-order valence-electron chi connectivity index (χ1n) is 10.6. The maximum absolute atomic E-state index is 13.1. The lowest BCUT2D eigenvalue weighted by atomic mass is 10.1. The molecule has 36 heavy (non-hydrogen) atoms. The highest BCUT2D eigenvalue weighted by Crippen LogP contribution is 2.38. The first-order chi connectivity index (χ1) is 17.0. The molecule has 1 atom stereocenters. The molecule has 13 heteroatoms. The number of ether oxygens (including phenoxy) is 1. The number of allylic oxidation sites excluding steroid dienone is 1. The summed E-state index contributed by atoms with van der Waals surface area (Å²) in [6, 6.07) is 3.96. The van der Waals surface area contributed by atoms with E-state index in [0.29, 0.717) is 22.9 Å². The molecule has 0 bridgehead atoms. The van der Waals surface area contributed by atoms with E-state index in [9.17, 15) is 13.2 Å². The van der Waals surface area contributed by atoms with E-state index in [1.165, 1.54) is 6.20 Å². The second-order valence-corrected chi connectivity index (χ2v) is 9.56. The van der Waals surface area contributed by atoms with Gasteiger partial charge in [0.1, 0.15) is 17.5 Å². The highest BCUT2D eigenvalue weighted by atomic mass is 35.5. The van der Waals surface area contributed by atoms with Gasteiger partial charge in [-0.15, -0.1) is 0 Å². The average molecular weight is 559 g/mol. The van der Waals surface area contributed by atoms with Gasteiger partial charge in [-0.25, -0.2) is 4.98 Å². The number of aromatic nitrogens is 4. The fourth-order valence-corrected chi connectivity index (χ4v) is 4.57. The van der Waals surface area contributed by atoms with Crippen LogP contribution in [0.15, 0.2) is 47.4 Å². The molecule has 0 amide bonds. The first kappa shape index (κ1) is 24.7. The van der Waals surface area contributed by atoms with Crippen molar-refractivity contribution in [2.24, 2.45) is 0 Å². The third kappa shape index (κ3) is 4.72. The van der Waals surface area contributed by atoms with Crippen LogP contribution in [0.4, 0.5) is 13.2 Å². The molecule has 4 aromatic rings. The molecule has 4 heterocycles. The minimum atomic E-state index is -4.56. The molecule has 0 radical (unpaired) electrons. The number of likely N-dealkylation sites (tertiary alicyclic amines) is 1. The molecule has 0 aliphatic carbocycles. The van der Waals surface area contributed by atoms with Crippen LogP contribution in [0.1, 0.15) is 18.4 Å². The van der Waals surface area contributed by atoms with Crippen LogP contribution in [0.25, 0.3) is 28.6 Å². The topological polar surface area (TPSA) is 68.7 Å². The molecule has 0 N–H and O–H groups in total. The van der Waals surface area contributed by atoms with Crippen LogP contribution in [0, 0.1) is 0 Å². The summed E-state index contributed by atoms with van der Waals surface area (Å²) in [7, 11) is 1.95. The Labute approximate surface area is 218 Å². The summed E-state index contributed by atoms with van der Waals surface area (Å²) in [4.78, 5) is 10.6. The van der Waals surface area contributed by atoms with Crippen molar-refractivity contribution in [2.75, 3.05) is 13.6 Å². The summed E-state index contributed by atoms with van der Waals surface area (Å²) in [6.07, 6.45) is -0.813. The van der Waals surface area contributed by atoms with Gasteiger partial charge in [0, 0.05) is 36.8 Å². The van der Waals surface area contributed by atoms with E-state index >= 15 is 0 Å². The smallest absolute Gasteiger partial charge is 0.417 e. The fraction of sp³-hybridized carbons (Fsp3) is 0.261. The molecule has 0 unspecified atom stereocenters. The number of halogens is 6. The number of rotatable bonds is 4. The molecule has 0 saturated carbocycles. The van der Waals surface area contributed by atoms with Crippen molar-refractivity contribution in [3.8, 4) is 28.7 Å². The molecule has 1 aliphatic heterocycles. The molecule has 0 spiro atoms. The SMILES string of the molecule is C=C1CC[C@@H](Oc2cc(Cl)c(-c3noc(-c4cn5cc(C(F)(F)F)cc(Cl)c5n4)n3)cc2Cl)CN1C. The van der Waals surface area contributed by atoms with Gasteiger partial charge in [-0.05, 0) is 25.0 Å². The maximum atomic E-state index is 13.1. The van der Waals surface area contributed by atoms with E-state index in [1.54, 1.807) is 12.1 Å². The van der Waals surface area contributed by atoms with Gasteiger partial charge in [0.05, 0.1) is 27.2 Å². The number of likely N-dealkylation sites (N-methyl/N-ethyl adjacent to an activating group) is 1. The Morgan fingerprint density at radius 2 is 1.86 bits per heavy atom. The predicted octanol–water partition coefficient (Wildman–Crippen LogP) is 7.02. The molecule has 3 aromatic heterocycles. The zero-order chi connectivity index (χ0) is 25.8. The first-order valence-corrected chi connectivity index (χ1v) is 11.8. The number of piperidine rings is 1. The Kier molecular flexibility index (Phi) is 6.30. The van der Waals surface area contributed by atoms with Gasteiger partial charge in [-0.2, -0.15) is 18.2 Å². The van der Waals surface area contributed by atoms with Crippen molar-refractivity contribution in [3.63, 3.8) is 0 Å². The van der Waals surface area contributed by atoms with Gasteiger partial charge in [0.2, 0.25) is 5.82 Å². The predicted molar refractivity (Wildman–Crippen MR) is 129 cm³/mol. The molecular formula is C23H17Cl3F3N5O2. The summed E-state index contributed by atoms with van der Waals surface area (Å²) in [5.41, 5.74) is 0.776. The van der Waals surface area contributed by atoms with E-state index in [1.807, 2.05) is 11.9 Å². The summed E-state index contributed by atoms with van der Waals surface area (Å²) >= 11 is 18.9. The molecule has 1 aliphatic rings. The van der Waals surface area contributed by atoms with Gasteiger partial charge in [0.15, 0.2) is 5.65 Å². The Morgan fingerprint density at radius 1 is 1.08 bits per heavy atom. The summed E-state index contributed by atoms with van der Waals surface area (Å²) in [5.74, 6) is 0.517. The Morgan fingerprint density at radius 3 is 2.58 bits per heavy atom.